The monoisotopic (exact) mass is 294 g/mol. The summed E-state index contributed by atoms with van der Waals surface area (Å²) >= 11 is 0. The zero-order valence-corrected chi connectivity index (χ0v) is 11.9. The fourth-order valence-electron chi connectivity index (χ4n) is 2.00. The number of unbranched alkanes of at least 4 members (excludes halogenated alkanes) is 1. The van der Waals surface area contributed by atoms with Gasteiger partial charge in [-0.05, 0) is 24.5 Å². The molecule has 1 heterocycles. The Morgan fingerprint density at radius 1 is 1.15 bits per heavy atom. The largest absolute Gasteiger partial charge is 0.396 e. The van der Waals surface area contributed by atoms with E-state index in [0.29, 0.717) is 24.9 Å². The van der Waals surface area contributed by atoms with Crippen molar-refractivity contribution < 1.29 is 13.5 Å². The topological polar surface area (TPSA) is 79.3 Å². The predicted octanol–water partition coefficient (Wildman–Crippen LogP) is 1.43. The molecule has 1 aromatic carbocycles. The van der Waals surface area contributed by atoms with Gasteiger partial charge in [0.1, 0.15) is 0 Å². The third kappa shape index (κ3) is 4.00. The van der Waals surface area contributed by atoms with Gasteiger partial charge in [0.15, 0.2) is 0 Å². The van der Waals surface area contributed by atoms with E-state index < -0.39 is 10.0 Å². The third-order valence-corrected chi connectivity index (χ3v) is 4.30. The highest BCUT2D eigenvalue weighted by atomic mass is 32.2. The summed E-state index contributed by atoms with van der Waals surface area (Å²) in [5.41, 5.74) is 1.41. The van der Waals surface area contributed by atoms with E-state index in [2.05, 4.69) is 9.71 Å². The van der Waals surface area contributed by atoms with E-state index in [9.17, 15) is 8.42 Å². The van der Waals surface area contributed by atoms with E-state index in [1.165, 1.54) is 0 Å². The number of sulfonamides is 1. The molecule has 0 aliphatic heterocycles. The zero-order chi connectivity index (χ0) is 14.4. The summed E-state index contributed by atoms with van der Waals surface area (Å²) in [6.45, 7) is 0.427. The van der Waals surface area contributed by atoms with Crippen LogP contribution in [0.3, 0.4) is 0 Å². The van der Waals surface area contributed by atoms with Gasteiger partial charge >= 0.3 is 0 Å². The fraction of sp³-hybridized carbons (Fsp3) is 0.357. The van der Waals surface area contributed by atoms with Crippen LogP contribution < -0.4 is 4.72 Å². The molecule has 0 saturated heterocycles. The molecule has 0 radical (unpaired) electrons. The van der Waals surface area contributed by atoms with Crippen molar-refractivity contribution >= 4 is 20.9 Å². The van der Waals surface area contributed by atoms with Gasteiger partial charge in [-0.3, -0.25) is 4.98 Å². The number of nitrogens with zero attached hydrogens (tertiary/aromatic N) is 1. The van der Waals surface area contributed by atoms with Crippen LogP contribution in [0.15, 0.2) is 36.5 Å². The predicted molar refractivity (Wildman–Crippen MR) is 78.7 cm³/mol. The number of aliphatic hydroxyl groups excluding tert-OH is 1. The Labute approximate surface area is 118 Å². The van der Waals surface area contributed by atoms with Crippen molar-refractivity contribution in [3.05, 3.63) is 42.1 Å². The molecule has 0 aliphatic rings. The minimum atomic E-state index is -3.38. The Hall–Kier alpha value is -1.50. The number of nitrogens with one attached hydrogen (secondary N) is 1. The SMILES string of the molecule is O=S(=O)(Cc1cccc2cccnc12)NCCCCO. The van der Waals surface area contributed by atoms with Crippen LogP contribution in [0.2, 0.25) is 0 Å². The smallest absolute Gasteiger partial charge is 0.215 e. The lowest BCUT2D eigenvalue weighted by atomic mass is 10.1. The minimum absolute atomic E-state index is 0.0783. The summed E-state index contributed by atoms with van der Waals surface area (Å²) in [6, 6.07) is 9.26. The Bertz CT molecular complexity index is 666. The number of para-hydroxylation sites is 1. The lowest BCUT2D eigenvalue weighted by Gasteiger charge is -2.08. The number of aliphatic hydroxyl groups is 1. The van der Waals surface area contributed by atoms with Gasteiger partial charge in [0.05, 0.1) is 11.3 Å². The van der Waals surface area contributed by atoms with Crippen molar-refractivity contribution in [3.63, 3.8) is 0 Å². The van der Waals surface area contributed by atoms with Crippen LogP contribution in [0.1, 0.15) is 18.4 Å². The summed E-state index contributed by atoms with van der Waals surface area (Å²) in [6.07, 6.45) is 2.88. The van der Waals surface area contributed by atoms with Crippen molar-refractivity contribution in [2.24, 2.45) is 0 Å². The van der Waals surface area contributed by atoms with E-state index >= 15 is 0 Å². The highest BCUT2D eigenvalue weighted by Crippen LogP contribution is 2.17. The highest BCUT2D eigenvalue weighted by Gasteiger charge is 2.13. The molecule has 6 heteroatoms. The average molecular weight is 294 g/mol. The first-order valence-electron chi connectivity index (χ1n) is 6.53. The van der Waals surface area contributed by atoms with E-state index in [-0.39, 0.29) is 12.4 Å². The molecule has 2 aromatic rings. The number of hydrogen-bond donors (Lipinski definition) is 2. The molecule has 0 aliphatic carbocycles. The standard InChI is InChI=1S/C14H18N2O3S/c17-10-2-1-9-16-20(18,19)11-13-6-3-5-12-7-4-8-15-14(12)13/h3-8,16-17H,1-2,9-11H2. The molecule has 2 N–H and O–H groups in total. The molecular weight excluding hydrogens is 276 g/mol. The van der Waals surface area contributed by atoms with Gasteiger partial charge in [0.25, 0.3) is 0 Å². The molecule has 0 spiro atoms. The zero-order valence-electron chi connectivity index (χ0n) is 11.1. The van der Waals surface area contributed by atoms with Gasteiger partial charge in [-0.1, -0.05) is 24.3 Å². The van der Waals surface area contributed by atoms with Crippen molar-refractivity contribution in [1.82, 2.24) is 9.71 Å². The highest BCUT2D eigenvalue weighted by molar-refractivity contribution is 7.88. The second kappa shape index (κ2) is 6.78. The molecule has 0 atom stereocenters. The van der Waals surface area contributed by atoms with E-state index in [1.54, 1.807) is 12.3 Å². The van der Waals surface area contributed by atoms with Crippen LogP contribution in [0.4, 0.5) is 0 Å². The molecule has 2 rings (SSSR count). The Morgan fingerprint density at radius 2 is 1.95 bits per heavy atom. The van der Waals surface area contributed by atoms with Gasteiger partial charge < -0.3 is 5.11 Å². The molecule has 108 valence electrons. The number of pyridine rings is 1. The maximum atomic E-state index is 12.0. The van der Waals surface area contributed by atoms with Gasteiger partial charge in [-0.25, -0.2) is 13.1 Å². The normalized spacial score (nSPS) is 11.8. The van der Waals surface area contributed by atoms with Crippen LogP contribution in [-0.4, -0.2) is 31.7 Å². The number of fused-ring (bicyclic) bond motifs is 1. The molecule has 20 heavy (non-hydrogen) atoms. The van der Waals surface area contributed by atoms with Gasteiger partial charge in [-0.2, -0.15) is 0 Å². The summed E-state index contributed by atoms with van der Waals surface area (Å²) in [5, 5.41) is 9.59. The summed E-state index contributed by atoms with van der Waals surface area (Å²) in [7, 11) is -3.38. The van der Waals surface area contributed by atoms with E-state index in [4.69, 9.17) is 5.11 Å². The maximum absolute atomic E-state index is 12.0. The average Bonchev–Trinajstić information content (AvgIpc) is 2.44. The molecule has 1 aromatic heterocycles. The van der Waals surface area contributed by atoms with Gasteiger partial charge in [0, 0.05) is 24.7 Å². The van der Waals surface area contributed by atoms with Crippen LogP contribution in [0, 0.1) is 0 Å². The van der Waals surface area contributed by atoms with Crippen molar-refractivity contribution in [2.45, 2.75) is 18.6 Å². The number of hydrogen-bond acceptors (Lipinski definition) is 4. The van der Waals surface area contributed by atoms with Crippen LogP contribution in [0.25, 0.3) is 10.9 Å². The van der Waals surface area contributed by atoms with E-state index in [1.807, 2.05) is 24.3 Å². The molecular formula is C14H18N2O3S. The lowest BCUT2D eigenvalue weighted by Crippen LogP contribution is -2.26. The van der Waals surface area contributed by atoms with Gasteiger partial charge in [-0.15, -0.1) is 0 Å². The first-order chi connectivity index (χ1) is 9.62. The maximum Gasteiger partial charge on any atom is 0.215 e. The first kappa shape index (κ1) is 14.9. The quantitative estimate of drug-likeness (QED) is 0.757. The number of aromatic nitrogens is 1. The van der Waals surface area contributed by atoms with Crippen molar-refractivity contribution in [2.75, 3.05) is 13.2 Å². The molecule has 0 amide bonds. The summed E-state index contributed by atoms with van der Waals surface area (Å²) in [4.78, 5) is 4.25. The fourth-order valence-corrected chi connectivity index (χ4v) is 3.20. The van der Waals surface area contributed by atoms with Crippen LogP contribution in [0.5, 0.6) is 0 Å². The molecule has 0 bridgehead atoms. The minimum Gasteiger partial charge on any atom is -0.396 e. The second-order valence-electron chi connectivity index (χ2n) is 4.58. The van der Waals surface area contributed by atoms with Crippen LogP contribution >= 0.6 is 0 Å². The van der Waals surface area contributed by atoms with Gasteiger partial charge in [0.2, 0.25) is 10.0 Å². The molecule has 0 unspecified atom stereocenters. The molecule has 5 nitrogen and oxygen atoms in total. The van der Waals surface area contributed by atoms with Crippen LogP contribution in [-0.2, 0) is 15.8 Å². The Balaban J connectivity index is 2.11. The Kier molecular flexibility index (Phi) is 5.05. The molecule has 0 saturated carbocycles. The summed E-state index contributed by atoms with van der Waals surface area (Å²) in [5.74, 6) is -0.0829. The summed E-state index contributed by atoms with van der Waals surface area (Å²) < 4.78 is 26.6. The first-order valence-corrected chi connectivity index (χ1v) is 8.18. The Morgan fingerprint density at radius 3 is 2.75 bits per heavy atom. The van der Waals surface area contributed by atoms with Crippen molar-refractivity contribution in [3.8, 4) is 0 Å². The second-order valence-corrected chi connectivity index (χ2v) is 6.38. The number of rotatable bonds is 7. The lowest BCUT2D eigenvalue weighted by molar-refractivity contribution is 0.285. The van der Waals surface area contributed by atoms with E-state index in [0.717, 1.165) is 10.9 Å². The number of benzene rings is 1. The van der Waals surface area contributed by atoms with Crippen molar-refractivity contribution in [1.29, 1.82) is 0 Å². The molecule has 0 fully saturated rings. The third-order valence-electron chi connectivity index (χ3n) is 2.97.